The lowest BCUT2D eigenvalue weighted by Gasteiger charge is -1.92. The monoisotopic (exact) mass is 162 g/mol. The molecule has 0 fully saturated rings. The van der Waals surface area contributed by atoms with E-state index in [1.807, 2.05) is 0 Å². The van der Waals surface area contributed by atoms with Crippen LogP contribution in [0.5, 0.6) is 0 Å². The predicted molar refractivity (Wildman–Crippen MR) is 37.3 cm³/mol. The number of aliphatic carboxylic acids is 2. The first kappa shape index (κ1) is 12.3. The van der Waals surface area contributed by atoms with Crippen LogP contribution in [0.2, 0.25) is 0 Å². The van der Waals surface area contributed by atoms with Gasteiger partial charge in [-0.05, 0) is 0 Å². The van der Waals surface area contributed by atoms with Gasteiger partial charge in [-0.1, -0.05) is 0 Å². The van der Waals surface area contributed by atoms with Crippen LogP contribution in [0.1, 0.15) is 0 Å². The summed E-state index contributed by atoms with van der Waals surface area (Å²) in [6.45, 7) is 4.87. The molecular formula is C6H10O5. The molecule has 0 aromatic carbocycles. The van der Waals surface area contributed by atoms with Gasteiger partial charge in [0.25, 0.3) is 0 Å². The van der Waals surface area contributed by atoms with Crippen LogP contribution in [0.25, 0.3) is 0 Å². The highest BCUT2D eigenvalue weighted by atomic mass is 16.5. The third-order valence-electron chi connectivity index (χ3n) is 0.451. The van der Waals surface area contributed by atoms with Crippen molar-refractivity contribution in [1.29, 1.82) is 0 Å². The number of carboxylic acid groups (broad SMARTS) is 2. The Morgan fingerprint density at radius 1 is 1.09 bits per heavy atom. The minimum absolute atomic E-state index is 0.563. The molecule has 0 aliphatic rings. The summed E-state index contributed by atoms with van der Waals surface area (Å²) in [6.07, 6.45) is 0. The van der Waals surface area contributed by atoms with Crippen LogP contribution in [-0.2, 0) is 14.3 Å². The van der Waals surface area contributed by atoms with E-state index in [0.29, 0.717) is 0 Å². The minimum atomic E-state index is -1.17. The second-order valence-electron chi connectivity index (χ2n) is 1.28. The van der Waals surface area contributed by atoms with Crippen molar-refractivity contribution < 1.29 is 24.5 Å². The maximum Gasteiger partial charge on any atom is 0.329 e. The fraction of sp³-hybridized carbons (Fsp3) is 0.333. The Morgan fingerprint density at radius 3 is 1.55 bits per heavy atom. The first-order chi connectivity index (χ1) is 5.13. The van der Waals surface area contributed by atoms with Crippen LogP contribution < -0.4 is 0 Å². The quantitative estimate of drug-likeness (QED) is 0.567. The minimum Gasteiger partial charge on any atom is -0.480 e. The average molecular weight is 162 g/mol. The fourth-order valence-electron chi connectivity index (χ4n) is 0.226. The Bertz CT molecular complexity index is 117. The van der Waals surface area contributed by atoms with E-state index >= 15 is 0 Å². The van der Waals surface area contributed by atoms with Gasteiger partial charge in [-0.25, -0.2) is 9.59 Å². The lowest BCUT2D eigenvalue weighted by molar-refractivity contribution is -0.148. The zero-order valence-electron chi connectivity index (χ0n) is 5.95. The van der Waals surface area contributed by atoms with Crippen molar-refractivity contribution in [3.63, 3.8) is 0 Å². The number of carboxylic acids is 2. The maximum absolute atomic E-state index is 9.66. The van der Waals surface area contributed by atoms with Crippen molar-refractivity contribution in [3.8, 4) is 0 Å². The molecule has 11 heavy (non-hydrogen) atoms. The van der Waals surface area contributed by atoms with Crippen molar-refractivity contribution in [1.82, 2.24) is 0 Å². The van der Waals surface area contributed by atoms with Gasteiger partial charge in [0.15, 0.2) is 0 Å². The summed E-state index contributed by atoms with van der Waals surface area (Å²) in [5.41, 5.74) is 0. The summed E-state index contributed by atoms with van der Waals surface area (Å²) in [7, 11) is 0. The topological polar surface area (TPSA) is 83.8 Å². The van der Waals surface area contributed by atoms with Gasteiger partial charge in [-0.2, -0.15) is 0 Å². The van der Waals surface area contributed by atoms with E-state index in [4.69, 9.17) is 10.2 Å². The maximum atomic E-state index is 9.66. The second kappa shape index (κ2) is 8.64. The van der Waals surface area contributed by atoms with Crippen LogP contribution in [-0.4, -0.2) is 35.4 Å². The first-order valence-electron chi connectivity index (χ1n) is 2.64. The van der Waals surface area contributed by atoms with Gasteiger partial charge >= 0.3 is 11.9 Å². The molecule has 0 heterocycles. The van der Waals surface area contributed by atoms with E-state index < -0.39 is 25.2 Å². The molecule has 0 saturated carbocycles. The van der Waals surface area contributed by atoms with Gasteiger partial charge in [0, 0.05) is 0 Å². The normalized spacial score (nSPS) is 7.64. The Labute approximate surface area is 63.9 Å². The van der Waals surface area contributed by atoms with Gasteiger partial charge < -0.3 is 14.9 Å². The van der Waals surface area contributed by atoms with Gasteiger partial charge in [-0.15, -0.1) is 13.2 Å². The Balaban J connectivity index is 0. The molecule has 64 valence electrons. The van der Waals surface area contributed by atoms with Crippen LogP contribution in [0.3, 0.4) is 0 Å². The van der Waals surface area contributed by atoms with Gasteiger partial charge in [0.05, 0.1) is 0 Å². The number of rotatable bonds is 4. The van der Waals surface area contributed by atoms with E-state index in [1.165, 1.54) is 0 Å². The van der Waals surface area contributed by atoms with Crippen LogP contribution in [0, 0.1) is 0 Å². The average Bonchev–Trinajstić information content (AvgIpc) is 1.90. The highest BCUT2D eigenvalue weighted by molar-refractivity contribution is 5.70. The van der Waals surface area contributed by atoms with Crippen LogP contribution in [0.15, 0.2) is 13.2 Å². The van der Waals surface area contributed by atoms with Crippen molar-refractivity contribution in [2.24, 2.45) is 0 Å². The fourth-order valence-corrected chi connectivity index (χ4v) is 0.226. The molecule has 0 aromatic heterocycles. The zero-order chi connectivity index (χ0) is 9.28. The lowest BCUT2D eigenvalue weighted by atomic mass is 10.7. The van der Waals surface area contributed by atoms with E-state index in [-0.39, 0.29) is 0 Å². The molecule has 0 spiro atoms. The highest BCUT2D eigenvalue weighted by Crippen LogP contribution is 1.73. The molecule has 0 aromatic rings. The van der Waals surface area contributed by atoms with Gasteiger partial charge in [-0.3, -0.25) is 0 Å². The molecule has 0 amide bonds. The van der Waals surface area contributed by atoms with Crippen molar-refractivity contribution in [2.75, 3.05) is 13.2 Å². The van der Waals surface area contributed by atoms with Crippen molar-refractivity contribution in [2.45, 2.75) is 0 Å². The smallest absolute Gasteiger partial charge is 0.329 e. The lowest BCUT2D eigenvalue weighted by Crippen LogP contribution is -2.13. The van der Waals surface area contributed by atoms with E-state index in [0.717, 1.165) is 0 Å². The largest absolute Gasteiger partial charge is 0.480 e. The Hall–Kier alpha value is -1.36. The number of hydrogen-bond donors (Lipinski definition) is 2. The molecule has 5 nitrogen and oxygen atoms in total. The molecule has 0 saturated heterocycles. The zero-order valence-corrected chi connectivity index (χ0v) is 5.95. The number of ether oxygens (including phenoxy) is 1. The van der Waals surface area contributed by atoms with E-state index in [9.17, 15) is 9.59 Å². The van der Waals surface area contributed by atoms with Crippen LogP contribution >= 0.6 is 0 Å². The molecule has 0 unspecified atom stereocenters. The standard InChI is InChI=1S/C4H6O5.C2H4/c5-3(6)1-9-2-4(7)8;1-2/h1-2H2,(H,5,6)(H,7,8);1-2H2. The molecule has 0 atom stereocenters. The van der Waals surface area contributed by atoms with Gasteiger partial charge in [0.2, 0.25) is 0 Å². The SMILES string of the molecule is C=C.O=C(O)COCC(=O)O. The van der Waals surface area contributed by atoms with E-state index in [1.54, 1.807) is 0 Å². The first-order valence-corrected chi connectivity index (χ1v) is 2.64. The number of hydrogen-bond acceptors (Lipinski definition) is 3. The van der Waals surface area contributed by atoms with Crippen molar-refractivity contribution in [3.05, 3.63) is 13.2 Å². The third-order valence-corrected chi connectivity index (χ3v) is 0.451. The van der Waals surface area contributed by atoms with E-state index in [2.05, 4.69) is 17.9 Å². The summed E-state index contributed by atoms with van der Waals surface area (Å²) >= 11 is 0. The molecule has 0 rings (SSSR count). The summed E-state index contributed by atoms with van der Waals surface area (Å²) in [5, 5.41) is 15.8. The van der Waals surface area contributed by atoms with Crippen LogP contribution in [0.4, 0.5) is 0 Å². The van der Waals surface area contributed by atoms with Gasteiger partial charge in [0.1, 0.15) is 13.2 Å². The molecule has 2 N–H and O–H groups in total. The summed E-state index contributed by atoms with van der Waals surface area (Å²) < 4.78 is 4.16. The second-order valence-corrected chi connectivity index (χ2v) is 1.28. The van der Waals surface area contributed by atoms with Crippen molar-refractivity contribution >= 4 is 11.9 Å². The third kappa shape index (κ3) is 17.7. The molecule has 5 heteroatoms. The molecule has 0 bridgehead atoms. The summed E-state index contributed by atoms with van der Waals surface area (Å²) in [6, 6.07) is 0. The molecule has 0 aliphatic heterocycles. The Kier molecular flexibility index (Phi) is 9.68. The Morgan fingerprint density at radius 2 is 1.36 bits per heavy atom. The summed E-state index contributed by atoms with van der Waals surface area (Å²) in [5.74, 6) is -2.34. The number of carbonyl (C=O) groups is 2. The molecular weight excluding hydrogens is 152 g/mol. The molecule has 0 radical (unpaired) electrons. The highest BCUT2D eigenvalue weighted by Gasteiger charge is 1.98. The molecule has 0 aliphatic carbocycles. The predicted octanol–water partition coefficient (Wildman–Crippen LogP) is -0.0256. The summed E-state index contributed by atoms with van der Waals surface area (Å²) in [4.78, 5) is 19.3.